The maximum absolute atomic E-state index is 12.5. The molecule has 0 radical (unpaired) electrons. The highest BCUT2D eigenvalue weighted by Crippen LogP contribution is 2.46. The first-order valence-corrected chi connectivity index (χ1v) is 7.74. The third-order valence-corrected chi connectivity index (χ3v) is 4.58. The molecule has 0 bridgehead atoms. The number of aliphatic hydroxyl groups is 1. The Morgan fingerprint density at radius 1 is 1.36 bits per heavy atom. The van der Waals surface area contributed by atoms with E-state index in [9.17, 15) is 14.7 Å². The Morgan fingerprint density at radius 3 is 2.82 bits per heavy atom. The standard InChI is InChI=1S/C16H21NO5/c18-12(10-21-11-13-4-3-7-22-13)9-17-14(19)8-16(15(17)20)5-1-2-6-16/h3-4,7,12,18H,1-2,5-6,8-11H2. The second-order valence-electron chi connectivity index (χ2n) is 6.22. The minimum absolute atomic E-state index is 0.0115. The number of aliphatic hydroxyl groups excluding tert-OH is 1. The highest BCUT2D eigenvalue weighted by Gasteiger charge is 2.52. The molecule has 6 nitrogen and oxygen atoms in total. The zero-order valence-electron chi connectivity index (χ0n) is 12.5. The van der Waals surface area contributed by atoms with Crippen molar-refractivity contribution in [2.24, 2.45) is 5.41 Å². The Bertz CT molecular complexity index is 533. The summed E-state index contributed by atoms with van der Waals surface area (Å²) >= 11 is 0. The van der Waals surface area contributed by atoms with E-state index in [4.69, 9.17) is 9.15 Å². The molecule has 0 aromatic carbocycles. The van der Waals surface area contributed by atoms with Crippen LogP contribution in [0.15, 0.2) is 22.8 Å². The molecule has 6 heteroatoms. The third-order valence-electron chi connectivity index (χ3n) is 4.58. The fourth-order valence-corrected chi connectivity index (χ4v) is 3.44. The number of hydrogen-bond acceptors (Lipinski definition) is 5. The molecule has 1 unspecified atom stereocenters. The SMILES string of the molecule is O=C1CC2(CCCC2)C(=O)N1CC(O)COCc1ccco1. The van der Waals surface area contributed by atoms with Crippen molar-refractivity contribution in [1.29, 1.82) is 0 Å². The molecule has 1 aliphatic heterocycles. The van der Waals surface area contributed by atoms with E-state index in [0.717, 1.165) is 25.7 Å². The Labute approximate surface area is 129 Å². The van der Waals surface area contributed by atoms with Crippen molar-refractivity contribution in [1.82, 2.24) is 4.90 Å². The van der Waals surface area contributed by atoms with E-state index in [-0.39, 0.29) is 31.6 Å². The van der Waals surface area contributed by atoms with E-state index < -0.39 is 11.5 Å². The largest absolute Gasteiger partial charge is 0.467 e. The number of rotatable bonds is 6. The first kappa shape index (κ1) is 15.2. The number of β-amino-alcohol motifs (C(OH)–C–C–N with tert-alkyl or cyclic N) is 1. The quantitative estimate of drug-likeness (QED) is 0.805. The second-order valence-corrected chi connectivity index (χ2v) is 6.22. The molecule has 2 aliphatic rings. The van der Waals surface area contributed by atoms with E-state index in [2.05, 4.69) is 0 Å². The Morgan fingerprint density at radius 2 is 2.14 bits per heavy atom. The minimum Gasteiger partial charge on any atom is -0.467 e. The predicted molar refractivity (Wildman–Crippen MR) is 76.6 cm³/mol. The van der Waals surface area contributed by atoms with Crippen molar-refractivity contribution in [3.05, 3.63) is 24.2 Å². The summed E-state index contributed by atoms with van der Waals surface area (Å²) in [6, 6.07) is 3.54. The maximum atomic E-state index is 12.5. The Balaban J connectivity index is 1.49. The fraction of sp³-hybridized carbons (Fsp3) is 0.625. The van der Waals surface area contributed by atoms with E-state index in [1.807, 2.05) is 0 Å². The molecule has 2 amide bonds. The van der Waals surface area contributed by atoms with Crippen LogP contribution in [-0.2, 0) is 20.9 Å². The van der Waals surface area contributed by atoms with E-state index in [1.54, 1.807) is 18.4 Å². The molecule has 1 saturated carbocycles. The average Bonchev–Trinajstić information content (AvgIpc) is 3.19. The van der Waals surface area contributed by atoms with Crippen molar-refractivity contribution in [3.8, 4) is 0 Å². The van der Waals surface area contributed by atoms with Gasteiger partial charge in [-0.25, -0.2) is 0 Å². The van der Waals surface area contributed by atoms with Crippen LogP contribution in [-0.4, -0.2) is 41.1 Å². The van der Waals surface area contributed by atoms with Crippen LogP contribution in [0.4, 0.5) is 0 Å². The molecule has 1 aromatic rings. The molecule has 1 aromatic heterocycles. The lowest BCUT2D eigenvalue weighted by Gasteiger charge is -2.22. The number of ether oxygens (including phenoxy) is 1. The third kappa shape index (κ3) is 2.94. The number of furan rings is 1. The van der Waals surface area contributed by atoms with Gasteiger partial charge in [-0.15, -0.1) is 0 Å². The van der Waals surface area contributed by atoms with Crippen molar-refractivity contribution in [3.63, 3.8) is 0 Å². The molecule has 1 spiro atoms. The van der Waals surface area contributed by atoms with E-state index >= 15 is 0 Å². The lowest BCUT2D eigenvalue weighted by molar-refractivity contribution is -0.143. The van der Waals surface area contributed by atoms with Gasteiger partial charge in [-0.05, 0) is 25.0 Å². The zero-order valence-corrected chi connectivity index (χ0v) is 12.5. The lowest BCUT2D eigenvalue weighted by atomic mass is 9.84. The Kier molecular flexibility index (Phi) is 4.31. The van der Waals surface area contributed by atoms with Crippen LogP contribution in [0.1, 0.15) is 37.9 Å². The van der Waals surface area contributed by atoms with Crippen molar-refractivity contribution in [2.45, 2.75) is 44.8 Å². The summed E-state index contributed by atoms with van der Waals surface area (Å²) < 4.78 is 10.5. The molecular formula is C16H21NO5. The van der Waals surface area contributed by atoms with Gasteiger partial charge >= 0.3 is 0 Å². The molecule has 2 heterocycles. The van der Waals surface area contributed by atoms with Crippen molar-refractivity contribution >= 4 is 11.8 Å². The molecule has 2 fully saturated rings. The van der Waals surface area contributed by atoms with Gasteiger partial charge in [0.25, 0.3) is 0 Å². The average molecular weight is 307 g/mol. The summed E-state index contributed by atoms with van der Waals surface area (Å²) in [4.78, 5) is 25.8. The number of carbonyl (C=O) groups is 2. The summed E-state index contributed by atoms with van der Waals surface area (Å²) in [5.41, 5.74) is -0.480. The van der Waals surface area contributed by atoms with Gasteiger partial charge in [0.15, 0.2) is 0 Å². The first-order chi connectivity index (χ1) is 10.6. The van der Waals surface area contributed by atoms with Gasteiger partial charge in [-0.3, -0.25) is 14.5 Å². The van der Waals surface area contributed by atoms with Crippen LogP contribution < -0.4 is 0 Å². The summed E-state index contributed by atoms with van der Waals surface area (Å²) in [6.07, 6.45) is 4.56. The van der Waals surface area contributed by atoms with Crippen LogP contribution in [0.5, 0.6) is 0 Å². The zero-order chi connectivity index (χ0) is 15.6. The highest BCUT2D eigenvalue weighted by atomic mass is 16.5. The monoisotopic (exact) mass is 307 g/mol. The fourth-order valence-electron chi connectivity index (χ4n) is 3.44. The lowest BCUT2D eigenvalue weighted by Crippen LogP contribution is -2.40. The Hall–Kier alpha value is -1.66. The molecule has 3 rings (SSSR count). The maximum Gasteiger partial charge on any atom is 0.235 e. The molecule has 1 atom stereocenters. The number of imide groups is 1. The van der Waals surface area contributed by atoms with Crippen LogP contribution in [0.3, 0.4) is 0 Å². The van der Waals surface area contributed by atoms with Crippen molar-refractivity contribution < 1.29 is 23.8 Å². The van der Waals surface area contributed by atoms with Crippen LogP contribution >= 0.6 is 0 Å². The minimum atomic E-state index is -0.876. The number of carbonyl (C=O) groups excluding carboxylic acids is 2. The van der Waals surface area contributed by atoms with Crippen molar-refractivity contribution in [2.75, 3.05) is 13.2 Å². The van der Waals surface area contributed by atoms with Gasteiger partial charge < -0.3 is 14.3 Å². The topological polar surface area (TPSA) is 80.0 Å². The molecule has 1 aliphatic carbocycles. The summed E-state index contributed by atoms with van der Waals surface area (Å²) in [7, 11) is 0. The normalized spacial score (nSPS) is 22.0. The van der Waals surface area contributed by atoms with Gasteiger partial charge in [0.1, 0.15) is 12.4 Å². The second kappa shape index (κ2) is 6.22. The van der Waals surface area contributed by atoms with Gasteiger partial charge in [0.05, 0.1) is 30.9 Å². The van der Waals surface area contributed by atoms with Crippen LogP contribution in [0, 0.1) is 5.41 Å². The number of nitrogens with zero attached hydrogens (tertiary/aromatic N) is 1. The summed E-state index contributed by atoms with van der Waals surface area (Å²) in [5, 5.41) is 10.0. The van der Waals surface area contributed by atoms with Gasteiger partial charge in [0, 0.05) is 6.42 Å². The number of likely N-dealkylation sites (tertiary alicyclic amines) is 1. The van der Waals surface area contributed by atoms with Gasteiger partial charge in [-0.2, -0.15) is 0 Å². The smallest absolute Gasteiger partial charge is 0.235 e. The summed E-state index contributed by atoms with van der Waals surface area (Å²) in [5.74, 6) is 0.391. The van der Waals surface area contributed by atoms with E-state index in [0.29, 0.717) is 12.2 Å². The van der Waals surface area contributed by atoms with Crippen LogP contribution in [0.25, 0.3) is 0 Å². The number of hydrogen-bond donors (Lipinski definition) is 1. The molecule has 22 heavy (non-hydrogen) atoms. The molecule has 120 valence electrons. The van der Waals surface area contributed by atoms with Crippen LogP contribution in [0.2, 0.25) is 0 Å². The highest BCUT2D eigenvalue weighted by molar-refractivity contribution is 6.06. The number of amides is 2. The van der Waals surface area contributed by atoms with Gasteiger partial charge in [-0.1, -0.05) is 12.8 Å². The summed E-state index contributed by atoms with van der Waals surface area (Å²) in [6.45, 7) is 0.332. The van der Waals surface area contributed by atoms with Gasteiger partial charge in [0.2, 0.25) is 11.8 Å². The predicted octanol–water partition coefficient (Wildman–Crippen LogP) is 1.48. The molecule has 1 N–H and O–H groups in total. The molecule has 1 saturated heterocycles. The molecular weight excluding hydrogens is 286 g/mol. The van der Waals surface area contributed by atoms with E-state index in [1.165, 1.54) is 4.90 Å². The first-order valence-electron chi connectivity index (χ1n) is 7.74.